The van der Waals surface area contributed by atoms with E-state index in [9.17, 15) is 31.2 Å². The molecule has 3 aromatic carbocycles. The first kappa shape index (κ1) is 30.6. The third-order valence-electron chi connectivity index (χ3n) is 5.69. The molecule has 9 nitrogen and oxygen atoms in total. The van der Waals surface area contributed by atoms with E-state index in [1.54, 1.807) is 19.1 Å². The zero-order valence-corrected chi connectivity index (χ0v) is 22.3. The molecule has 0 aliphatic rings. The lowest BCUT2D eigenvalue weighted by Crippen LogP contribution is -2.36. The van der Waals surface area contributed by atoms with Gasteiger partial charge >= 0.3 is 18.3 Å². The van der Waals surface area contributed by atoms with Gasteiger partial charge in [-0.05, 0) is 72.9 Å². The zero-order chi connectivity index (χ0) is 29.5. The Balaban J connectivity index is 1.50. The molecule has 0 amide bonds. The molecule has 3 N–H and O–H groups in total. The first-order valence-corrected chi connectivity index (χ1v) is 13.4. The molecule has 1 atom stereocenters. The second-order valence-electron chi connectivity index (χ2n) is 8.68. The van der Waals surface area contributed by atoms with Crippen molar-refractivity contribution in [1.29, 1.82) is 0 Å². The van der Waals surface area contributed by atoms with Gasteiger partial charge in [0.15, 0.2) is 0 Å². The SMILES string of the molecule is COC(=O)c1cc(S(=O)(=O)NCCc2ccc(OC(=O)[C@@H](N)Cc3ccc(OC(F)(F)F)cc3)cc2)ccc1C. The van der Waals surface area contributed by atoms with Gasteiger partial charge in [0.05, 0.1) is 17.6 Å². The number of hydrogen-bond acceptors (Lipinski definition) is 8. The Morgan fingerprint density at radius 3 is 2.15 bits per heavy atom. The van der Waals surface area contributed by atoms with E-state index in [1.807, 2.05) is 0 Å². The van der Waals surface area contributed by atoms with Crippen LogP contribution < -0.4 is 19.9 Å². The molecule has 0 radical (unpaired) electrons. The average molecular weight is 581 g/mol. The molecule has 0 spiro atoms. The van der Waals surface area contributed by atoms with Crippen molar-refractivity contribution >= 4 is 22.0 Å². The van der Waals surface area contributed by atoms with Crippen molar-refractivity contribution in [2.24, 2.45) is 5.73 Å². The van der Waals surface area contributed by atoms with Crippen LogP contribution in [0, 0.1) is 6.92 Å². The zero-order valence-electron chi connectivity index (χ0n) is 21.5. The average Bonchev–Trinajstić information content (AvgIpc) is 2.89. The number of hydrogen-bond donors (Lipinski definition) is 2. The van der Waals surface area contributed by atoms with Gasteiger partial charge in [0.25, 0.3) is 0 Å². The van der Waals surface area contributed by atoms with E-state index in [0.717, 1.165) is 17.7 Å². The maximum atomic E-state index is 12.7. The van der Waals surface area contributed by atoms with E-state index < -0.39 is 34.4 Å². The highest BCUT2D eigenvalue weighted by molar-refractivity contribution is 7.89. The third kappa shape index (κ3) is 8.79. The Bertz CT molecular complexity index is 1440. The minimum Gasteiger partial charge on any atom is -0.465 e. The monoisotopic (exact) mass is 580 g/mol. The quantitative estimate of drug-likeness (QED) is 0.259. The number of ether oxygens (including phenoxy) is 3. The number of halogens is 3. The van der Waals surface area contributed by atoms with Crippen LogP contribution in [0.3, 0.4) is 0 Å². The minimum atomic E-state index is -4.80. The van der Waals surface area contributed by atoms with Gasteiger partial charge in [-0.15, -0.1) is 13.2 Å². The largest absolute Gasteiger partial charge is 0.573 e. The smallest absolute Gasteiger partial charge is 0.465 e. The van der Waals surface area contributed by atoms with E-state index in [1.165, 1.54) is 49.6 Å². The summed E-state index contributed by atoms with van der Waals surface area (Å²) < 4.78 is 78.4. The fourth-order valence-corrected chi connectivity index (χ4v) is 4.65. The number of nitrogens with two attached hydrogens (primary N) is 1. The van der Waals surface area contributed by atoms with Gasteiger partial charge < -0.3 is 19.9 Å². The molecule has 0 saturated heterocycles. The van der Waals surface area contributed by atoms with Gasteiger partial charge in [-0.1, -0.05) is 30.3 Å². The lowest BCUT2D eigenvalue weighted by molar-refractivity contribution is -0.274. The van der Waals surface area contributed by atoms with Gasteiger partial charge in [0.2, 0.25) is 10.0 Å². The summed E-state index contributed by atoms with van der Waals surface area (Å²) in [6.45, 7) is 1.74. The summed E-state index contributed by atoms with van der Waals surface area (Å²) in [4.78, 5) is 24.2. The van der Waals surface area contributed by atoms with E-state index in [4.69, 9.17) is 10.5 Å². The van der Waals surface area contributed by atoms with Crippen molar-refractivity contribution in [3.63, 3.8) is 0 Å². The van der Waals surface area contributed by atoms with Crippen LogP contribution in [-0.2, 0) is 32.4 Å². The Labute approximate surface area is 229 Å². The molecule has 0 aromatic heterocycles. The molecule has 0 bridgehead atoms. The number of benzene rings is 3. The fourth-order valence-electron chi connectivity index (χ4n) is 3.59. The summed E-state index contributed by atoms with van der Waals surface area (Å²) >= 11 is 0. The number of nitrogens with one attached hydrogen (secondary N) is 1. The van der Waals surface area contributed by atoms with Gasteiger partial charge in [-0.3, -0.25) is 0 Å². The standard InChI is InChI=1S/C27H27F3N2O7S/c1-17-3-12-22(16-23(17)25(33)37-2)40(35,36)32-14-13-18-4-8-20(9-5-18)38-26(34)24(31)15-19-6-10-21(11-7-19)39-27(28,29)30/h3-12,16,24,32H,13-15,31H2,1-2H3/t24-/m0/s1. The fraction of sp³-hybridized carbons (Fsp3) is 0.259. The van der Waals surface area contributed by atoms with Crippen LogP contribution in [-0.4, -0.2) is 46.4 Å². The predicted molar refractivity (Wildman–Crippen MR) is 138 cm³/mol. The number of methoxy groups -OCH3 is 1. The van der Waals surface area contributed by atoms with Crippen LogP contribution in [0.15, 0.2) is 71.6 Å². The molecule has 0 unspecified atom stereocenters. The number of carbonyl (C=O) groups is 2. The summed E-state index contributed by atoms with van der Waals surface area (Å²) in [5.41, 5.74) is 7.90. The summed E-state index contributed by atoms with van der Waals surface area (Å²) in [7, 11) is -2.67. The van der Waals surface area contributed by atoms with Gasteiger partial charge in [-0.2, -0.15) is 0 Å². The van der Waals surface area contributed by atoms with Crippen molar-refractivity contribution < 1.29 is 45.4 Å². The van der Waals surface area contributed by atoms with Crippen molar-refractivity contribution in [3.8, 4) is 11.5 Å². The van der Waals surface area contributed by atoms with Crippen LogP contribution in [0.2, 0.25) is 0 Å². The highest BCUT2D eigenvalue weighted by Gasteiger charge is 2.31. The van der Waals surface area contributed by atoms with E-state index >= 15 is 0 Å². The molecule has 40 heavy (non-hydrogen) atoms. The Hall–Kier alpha value is -3.94. The maximum absolute atomic E-state index is 12.7. The molecule has 0 heterocycles. The lowest BCUT2D eigenvalue weighted by Gasteiger charge is -2.13. The first-order valence-electron chi connectivity index (χ1n) is 11.9. The van der Waals surface area contributed by atoms with E-state index in [0.29, 0.717) is 17.5 Å². The normalized spacial score (nSPS) is 12.4. The van der Waals surface area contributed by atoms with Crippen LogP contribution in [0.25, 0.3) is 0 Å². The molecule has 0 aliphatic heterocycles. The number of alkyl halides is 3. The highest BCUT2D eigenvalue weighted by atomic mass is 32.2. The summed E-state index contributed by atoms with van der Waals surface area (Å²) in [6, 6.07) is 14.5. The lowest BCUT2D eigenvalue weighted by atomic mass is 10.1. The summed E-state index contributed by atoms with van der Waals surface area (Å²) in [6.07, 6.45) is -4.44. The van der Waals surface area contributed by atoms with Crippen LogP contribution >= 0.6 is 0 Å². The number of aryl methyl sites for hydroxylation is 1. The van der Waals surface area contributed by atoms with Crippen molar-refractivity contribution in [1.82, 2.24) is 4.72 Å². The van der Waals surface area contributed by atoms with Crippen molar-refractivity contribution in [2.45, 2.75) is 37.1 Å². The van der Waals surface area contributed by atoms with Gasteiger partial charge in [-0.25, -0.2) is 22.7 Å². The molecule has 0 aliphatic carbocycles. The Kier molecular flexibility index (Phi) is 9.90. The predicted octanol–water partition coefficient (Wildman–Crippen LogP) is 3.68. The topological polar surface area (TPSA) is 134 Å². The number of sulfonamides is 1. The molecular weight excluding hydrogens is 553 g/mol. The molecule has 3 rings (SSSR count). The Morgan fingerprint density at radius 1 is 0.950 bits per heavy atom. The Morgan fingerprint density at radius 2 is 1.55 bits per heavy atom. The van der Waals surface area contributed by atoms with Crippen LogP contribution in [0.1, 0.15) is 27.0 Å². The van der Waals surface area contributed by atoms with Crippen LogP contribution in [0.5, 0.6) is 11.5 Å². The molecule has 0 saturated carbocycles. The molecule has 214 valence electrons. The number of rotatable bonds is 11. The molecule has 13 heteroatoms. The summed E-state index contributed by atoms with van der Waals surface area (Å²) in [5.74, 6) is -1.54. The number of esters is 2. The van der Waals surface area contributed by atoms with Gasteiger partial charge in [0, 0.05) is 6.54 Å². The van der Waals surface area contributed by atoms with Gasteiger partial charge in [0.1, 0.15) is 17.5 Å². The molecule has 3 aromatic rings. The van der Waals surface area contributed by atoms with Crippen molar-refractivity contribution in [2.75, 3.05) is 13.7 Å². The number of carbonyl (C=O) groups excluding carboxylic acids is 2. The van der Waals surface area contributed by atoms with E-state index in [-0.39, 0.29) is 34.9 Å². The first-order chi connectivity index (χ1) is 18.8. The second kappa shape index (κ2) is 12.9. The minimum absolute atomic E-state index is 0.0332. The van der Waals surface area contributed by atoms with Crippen molar-refractivity contribution in [3.05, 3.63) is 89.0 Å². The van der Waals surface area contributed by atoms with E-state index in [2.05, 4.69) is 14.2 Å². The molecule has 0 fully saturated rings. The highest BCUT2D eigenvalue weighted by Crippen LogP contribution is 2.23. The van der Waals surface area contributed by atoms with Crippen LogP contribution in [0.4, 0.5) is 13.2 Å². The molecular formula is C27H27F3N2O7S. The summed E-state index contributed by atoms with van der Waals surface area (Å²) in [5, 5.41) is 0. The third-order valence-corrected chi connectivity index (χ3v) is 7.15. The maximum Gasteiger partial charge on any atom is 0.573 e. The second-order valence-corrected chi connectivity index (χ2v) is 10.5.